The zero-order valence-electron chi connectivity index (χ0n) is 15.8. The zero-order valence-corrected chi connectivity index (χ0v) is 15.8. The average Bonchev–Trinajstić information content (AvgIpc) is 2.73. The number of hydrogen-bond acceptors (Lipinski definition) is 4. The molecule has 0 radical (unpaired) electrons. The maximum absolute atomic E-state index is 12.4. The van der Waals surface area contributed by atoms with Crippen LogP contribution in [0.2, 0.25) is 0 Å². The highest BCUT2D eigenvalue weighted by Crippen LogP contribution is 2.16. The Balaban J connectivity index is 1.67. The molecule has 0 aliphatic carbocycles. The zero-order chi connectivity index (χ0) is 19.1. The lowest BCUT2D eigenvalue weighted by molar-refractivity contribution is 0.0935. The Morgan fingerprint density at radius 2 is 1.74 bits per heavy atom. The Hall–Kier alpha value is -3.21. The molecule has 1 aliphatic heterocycles. The van der Waals surface area contributed by atoms with Gasteiger partial charge in [-0.3, -0.25) is 15.6 Å². The predicted molar refractivity (Wildman–Crippen MR) is 111 cm³/mol. The third kappa shape index (κ3) is 4.91. The quantitative estimate of drug-likeness (QED) is 0.601. The number of benzene rings is 2. The van der Waals surface area contributed by atoms with E-state index in [0.29, 0.717) is 5.56 Å². The molecule has 4 N–H and O–H groups in total. The molecule has 5 nitrogen and oxygen atoms in total. The van der Waals surface area contributed by atoms with Crippen molar-refractivity contribution in [2.45, 2.75) is 32.7 Å². The van der Waals surface area contributed by atoms with Gasteiger partial charge in [-0.2, -0.15) is 0 Å². The number of carbonyl (C=O) groups is 1. The lowest BCUT2D eigenvalue weighted by Gasteiger charge is -2.21. The van der Waals surface area contributed by atoms with Crippen molar-refractivity contribution in [2.75, 3.05) is 5.32 Å². The van der Waals surface area contributed by atoms with E-state index in [1.165, 1.54) is 0 Å². The fourth-order valence-corrected chi connectivity index (χ4v) is 2.90. The summed E-state index contributed by atoms with van der Waals surface area (Å²) >= 11 is 0. The molecule has 1 heterocycles. The molecule has 0 unspecified atom stereocenters. The maximum atomic E-state index is 12.4. The van der Waals surface area contributed by atoms with Crippen molar-refractivity contribution in [2.24, 2.45) is 0 Å². The van der Waals surface area contributed by atoms with Crippen LogP contribution in [0.15, 0.2) is 72.6 Å². The van der Waals surface area contributed by atoms with E-state index in [4.69, 9.17) is 0 Å². The van der Waals surface area contributed by atoms with E-state index in [1.807, 2.05) is 54.6 Å². The number of hydrazine groups is 1. The first kappa shape index (κ1) is 18.6. The summed E-state index contributed by atoms with van der Waals surface area (Å²) < 4.78 is 0. The van der Waals surface area contributed by atoms with Crippen LogP contribution in [-0.2, 0) is 0 Å². The molecule has 5 heteroatoms. The monoisotopic (exact) mass is 362 g/mol. The van der Waals surface area contributed by atoms with E-state index in [-0.39, 0.29) is 11.9 Å². The minimum Gasteiger partial charge on any atom is -0.349 e. The number of allylic oxidation sites excluding steroid dienone is 2. The molecule has 27 heavy (non-hydrogen) atoms. The van der Waals surface area contributed by atoms with E-state index >= 15 is 0 Å². The summed E-state index contributed by atoms with van der Waals surface area (Å²) in [7, 11) is 0. The van der Waals surface area contributed by atoms with Gasteiger partial charge in [-0.15, -0.1) is 0 Å². The van der Waals surface area contributed by atoms with Crippen LogP contribution in [-0.4, -0.2) is 11.9 Å². The fourth-order valence-electron chi connectivity index (χ4n) is 2.90. The molecule has 2 aromatic rings. The third-order valence-electron chi connectivity index (χ3n) is 4.56. The number of carbonyl (C=O) groups excluding carboxylic acids is 1. The maximum Gasteiger partial charge on any atom is 0.251 e. The average molecular weight is 362 g/mol. The first-order chi connectivity index (χ1) is 13.2. The van der Waals surface area contributed by atoms with Crippen LogP contribution in [0.1, 0.15) is 42.6 Å². The lowest BCUT2D eigenvalue weighted by Crippen LogP contribution is -2.35. The lowest BCUT2D eigenvalue weighted by atomic mass is 10.1. The first-order valence-electron chi connectivity index (χ1n) is 9.37. The molecule has 0 bridgehead atoms. The second-order valence-corrected chi connectivity index (χ2v) is 6.47. The Labute approximate surface area is 160 Å². The predicted octanol–water partition coefficient (Wildman–Crippen LogP) is 4.01. The second kappa shape index (κ2) is 8.94. The summed E-state index contributed by atoms with van der Waals surface area (Å²) in [4.78, 5) is 12.4. The number of anilines is 1. The normalized spacial score (nSPS) is 13.1. The van der Waals surface area contributed by atoms with Gasteiger partial charge in [0.05, 0.1) is 5.70 Å². The Kier molecular flexibility index (Phi) is 6.15. The van der Waals surface area contributed by atoms with Gasteiger partial charge in [0, 0.05) is 17.3 Å². The summed E-state index contributed by atoms with van der Waals surface area (Å²) in [6.07, 6.45) is 5.84. The Morgan fingerprint density at radius 1 is 0.963 bits per heavy atom. The topological polar surface area (TPSA) is 65.2 Å². The van der Waals surface area contributed by atoms with Crippen LogP contribution < -0.4 is 21.5 Å². The first-order valence-corrected chi connectivity index (χ1v) is 9.37. The highest BCUT2D eigenvalue weighted by Gasteiger charge is 2.12. The summed E-state index contributed by atoms with van der Waals surface area (Å²) in [5.41, 5.74) is 9.94. The number of amides is 1. The van der Waals surface area contributed by atoms with Crippen molar-refractivity contribution < 1.29 is 4.79 Å². The highest BCUT2D eigenvalue weighted by molar-refractivity contribution is 5.95. The molecular formula is C22H26N4O. The number of hydrogen-bond donors (Lipinski definition) is 4. The third-order valence-corrected chi connectivity index (χ3v) is 4.56. The van der Waals surface area contributed by atoms with Crippen LogP contribution >= 0.6 is 0 Å². The van der Waals surface area contributed by atoms with Crippen LogP contribution in [0, 0.1) is 0 Å². The standard InChI is InChI=1S/C22H26N4O/c1-3-18(4-2)24-22(27)17-11-8-12-19(15-17)23-21-14-13-20(25-26-21)16-9-6-5-7-10-16/h5-15,18,23,25-26H,3-4H2,1-2H3,(H,24,27). The van der Waals surface area contributed by atoms with Crippen LogP contribution in [0.25, 0.3) is 5.70 Å². The van der Waals surface area contributed by atoms with Gasteiger partial charge >= 0.3 is 0 Å². The molecule has 1 aliphatic rings. The largest absolute Gasteiger partial charge is 0.349 e. The second-order valence-electron chi connectivity index (χ2n) is 6.47. The van der Waals surface area contributed by atoms with E-state index in [0.717, 1.165) is 35.6 Å². The summed E-state index contributed by atoms with van der Waals surface area (Å²) in [6.45, 7) is 4.16. The molecule has 1 amide bonds. The Bertz CT molecular complexity index is 838. The Morgan fingerprint density at radius 3 is 2.41 bits per heavy atom. The number of nitrogens with one attached hydrogen (secondary N) is 4. The van der Waals surface area contributed by atoms with Crippen molar-refractivity contribution in [1.29, 1.82) is 0 Å². The molecular weight excluding hydrogens is 336 g/mol. The minimum absolute atomic E-state index is 0.0395. The van der Waals surface area contributed by atoms with Crippen molar-refractivity contribution in [3.05, 3.63) is 83.7 Å². The molecule has 0 spiro atoms. The van der Waals surface area contributed by atoms with Crippen LogP contribution in [0.5, 0.6) is 0 Å². The highest BCUT2D eigenvalue weighted by atomic mass is 16.1. The molecule has 3 rings (SSSR count). The summed E-state index contributed by atoms with van der Waals surface area (Å²) in [6, 6.07) is 17.8. The van der Waals surface area contributed by atoms with E-state index in [1.54, 1.807) is 0 Å². The van der Waals surface area contributed by atoms with E-state index < -0.39 is 0 Å². The smallest absolute Gasteiger partial charge is 0.251 e. The van der Waals surface area contributed by atoms with Crippen molar-refractivity contribution >= 4 is 17.3 Å². The van der Waals surface area contributed by atoms with Gasteiger partial charge in [-0.1, -0.05) is 50.2 Å². The molecule has 140 valence electrons. The molecule has 0 saturated carbocycles. The molecule has 0 atom stereocenters. The number of rotatable bonds is 7. The van der Waals surface area contributed by atoms with Gasteiger partial charge in [0.25, 0.3) is 5.91 Å². The molecule has 0 fully saturated rings. The van der Waals surface area contributed by atoms with Gasteiger partial charge in [-0.25, -0.2) is 0 Å². The summed E-state index contributed by atoms with van der Waals surface area (Å²) in [5.74, 6) is 0.773. The van der Waals surface area contributed by atoms with Gasteiger partial charge in [0.2, 0.25) is 0 Å². The van der Waals surface area contributed by atoms with Gasteiger partial charge < -0.3 is 10.6 Å². The minimum atomic E-state index is -0.0395. The SMILES string of the molecule is CCC(CC)NC(=O)c1cccc(NC2=CC=C(c3ccccc3)NN2)c1. The molecule has 0 saturated heterocycles. The van der Waals surface area contributed by atoms with Crippen molar-refractivity contribution in [3.63, 3.8) is 0 Å². The van der Waals surface area contributed by atoms with Crippen molar-refractivity contribution in [3.8, 4) is 0 Å². The van der Waals surface area contributed by atoms with Gasteiger partial charge in [-0.05, 0) is 48.8 Å². The fraction of sp³-hybridized carbons (Fsp3) is 0.227. The molecule has 0 aromatic heterocycles. The van der Waals surface area contributed by atoms with Crippen molar-refractivity contribution in [1.82, 2.24) is 16.2 Å². The summed E-state index contributed by atoms with van der Waals surface area (Å²) in [5, 5.41) is 6.36. The van der Waals surface area contributed by atoms with Gasteiger partial charge in [0.15, 0.2) is 0 Å². The van der Waals surface area contributed by atoms with Crippen LogP contribution in [0.3, 0.4) is 0 Å². The van der Waals surface area contributed by atoms with E-state index in [9.17, 15) is 4.79 Å². The van der Waals surface area contributed by atoms with Gasteiger partial charge in [0.1, 0.15) is 5.82 Å². The van der Waals surface area contributed by atoms with Crippen LogP contribution in [0.4, 0.5) is 5.69 Å². The molecule has 2 aromatic carbocycles. The van der Waals surface area contributed by atoms with E-state index in [2.05, 4.69) is 47.5 Å².